The number of likely N-dealkylation sites (tertiary alicyclic amines) is 1. The van der Waals surface area contributed by atoms with Gasteiger partial charge in [-0.3, -0.25) is 19.7 Å². The highest BCUT2D eigenvalue weighted by Gasteiger charge is 2.43. The number of rotatable bonds is 6. The third-order valence-electron chi connectivity index (χ3n) is 5.81. The second kappa shape index (κ2) is 8.53. The van der Waals surface area contributed by atoms with E-state index in [1.54, 1.807) is 19.4 Å². The maximum Gasteiger partial charge on any atom is 0.227 e. The molecule has 3 aromatic rings. The Morgan fingerprint density at radius 3 is 2.21 bits per heavy atom. The first-order valence-corrected chi connectivity index (χ1v) is 10.0. The van der Waals surface area contributed by atoms with E-state index in [-0.39, 0.29) is 11.3 Å². The molecular weight excluding hydrogens is 360 g/mol. The summed E-state index contributed by atoms with van der Waals surface area (Å²) in [5.41, 5.74) is 4.35. The van der Waals surface area contributed by atoms with Crippen molar-refractivity contribution < 1.29 is 4.79 Å². The number of aromatic nitrogens is 2. The SMILES string of the molecule is CNC(=O)[C@]1(Cc2ccc(-c3ccncc3)cc2)CCN(Cc2ccncc2)C1. The van der Waals surface area contributed by atoms with Crippen LogP contribution in [-0.4, -0.2) is 40.9 Å². The van der Waals surface area contributed by atoms with E-state index in [2.05, 4.69) is 44.5 Å². The molecule has 1 saturated heterocycles. The number of nitrogens with zero attached hydrogens (tertiary/aromatic N) is 3. The van der Waals surface area contributed by atoms with Crippen LogP contribution in [-0.2, 0) is 17.8 Å². The molecule has 4 rings (SSSR count). The van der Waals surface area contributed by atoms with Gasteiger partial charge in [-0.25, -0.2) is 0 Å². The molecule has 1 fully saturated rings. The fourth-order valence-corrected chi connectivity index (χ4v) is 4.26. The van der Waals surface area contributed by atoms with Gasteiger partial charge < -0.3 is 5.32 Å². The zero-order valence-corrected chi connectivity index (χ0v) is 16.7. The lowest BCUT2D eigenvalue weighted by atomic mass is 9.79. The van der Waals surface area contributed by atoms with Crippen LogP contribution in [0.4, 0.5) is 0 Å². The molecule has 0 unspecified atom stereocenters. The summed E-state index contributed by atoms with van der Waals surface area (Å²) >= 11 is 0. The molecule has 29 heavy (non-hydrogen) atoms. The molecule has 1 aliphatic rings. The number of hydrogen-bond donors (Lipinski definition) is 1. The number of amides is 1. The van der Waals surface area contributed by atoms with Crippen LogP contribution >= 0.6 is 0 Å². The molecule has 1 aliphatic heterocycles. The van der Waals surface area contributed by atoms with Gasteiger partial charge >= 0.3 is 0 Å². The maximum absolute atomic E-state index is 12.9. The Hall–Kier alpha value is -3.05. The zero-order chi connectivity index (χ0) is 20.1. The molecule has 0 spiro atoms. The first-order chi connectivity index (χ1) is 14.2. The molecule has 0 radical (unpaired) electrons. The molecule has 1 amide bonds. The lowest BCUT2D eigenvalue weighted by Crippen LogP contribution is -2.43. The second-order valence-electron chi connectivity index (χ2n) is 7.79. The van der Waals surface area contributed by atoms with Crippen LogP contribution in [0.1, 0.15) is 17.5 Å². The first kappa shape index (κ1) is 19.3. The fourth-order valence-electron chi connectivity index (χ4n) is 4.26. The highest BCUT2D eigenvalue weighted by Crippen LogP contribution is 2.35. The van der Waals surface area contributed by atoms with Crippen LogP contribution in [0.2, 0.25) is 0 Å². The van der Waals surface area contributed by atoms with Gasteiger partial charge in [0.2, 0.25) is 5.91 Å². The van der Waals surface area contributed by atoms with E-state index >= 15 is 0 Å². The lowest BCUT2D eigenvalue weighted by Gasteiger charge is -2.28. The van der Waals surface area contributed by atoms with E-state index in [9.17, 15) is 4.79 Å². The number of benzene rings is 1. The van der Waals surface area contributed by atoms with Gasteiger partial charge in [-0.1, -0.05) is 24.3 Å². The maximum atomic E-state index is 12.9. The van der Waals surface area contributed by atoms with Crippen molar-refractivity contribution in [3.63, 3.8) is 0 Å². The standard InChI is InChI=1S/C24H26N4O/c1-25-23(29)24(10-15-28(18-24)17-20-6-11-26-12-7-20)16-19-2-4-21(5-3-19)22-8-13-27-14-9-22/h2-9,11-14H,10,15-18H2,1H3,(H,25,29)/t24-/m0/s1. The van der Waals surface area contributed by atoms with Crippen LogP contribution in [0.5, 0.6) is 0 Å². The molecule has 1 aromatic carbocycles. The van der Waals surface area contributed by atoms with Crippen LogP contribution < -0.4 is 5.32 Å². The Balaban J connectivity index is 1.50. The van der Waals surface area contributed by atoms with Crippen LogP contribution in [0.3, 0.4) is 0 Å². The van der Waals surface area contributed by atoms with Crippen LogP contribution in [0.15, 0.2) is 73.3 Å². The van der Waals surface area contributed by atoms with Crippen molar-refractivity contribution in [2.75, 3.05) is 20.1 Å². The quantitative estimate of drug-likeness (QED) is 0.706. The highest BCUT2D eigenvalue weighted by atomic mass is 16.2. The molecule has 1 N–H and O–H groups in total. The molecule has 0 aliphatic carbocycles. The fraction of sp³-hybridized carbons (Fsp3) is 0.292. The number of carbonyl (C=O) groups excluding carboxylic acids is 1. The number of nitrogens with one attached hydrogen (secondary N) is 1. The minimum Gasteiger partial charge on any atom is -0.359 e. The summed E-state index contributed by atoms with van der Waals surface area (Å²) < 4.78 is 0. The summed E-state index contributed by atoms with van der Waals surface area (Å²) in [5.74, 6) is 0.132. The average Bonchev–Trinajstić information content (AvgIpc) is 3.18. The largest absolute Gasteiger partial charge is 0.359 e. The molecule has 3 heterocycles. The molecule has 2 aromatic heterocycles. The Kier molecular flexibility index (Phi) is 5.67. The molecule has 0 saturated carbocycles. The molecule has 0 bridgehead atoms. The highest BCUT2D eigenvalue weighted by molar-refractivity contribution is 5.83. The second-order valence-corrected chi connectivity index (χ2v) is 7.79. The van der Waals surface area contributed by atoms with Gasteiger partial charge in [-0.2, -0.15) is 0 Å². The van der Waals surface area contributed by atoms with Gasteiger partial charge in [0.1, 0.15) is 0 Å². The summed E-state index contributed by atoms with van der Waals surface area (Å²) in [7, 11) is 1.74. The predicted octanol–water partition coefficient (Wildman–Crippen LogP) is 3.32. The van der Waals surface area contributed by atoms with Crippen molar-refractivity contribution in [2.45, 2.75) is 19.4 Å². The lowest BCUT2D eigenvalue weighted by molar-refractivity contribution is -0.130. The molecule has 5 nitrogen and oxygen atoms in total. The van der Waals surface area contributed by atoms with Crippen molar-refractivity contribution in [1.29, 1.82) is 0 Å². The topological polar surface area (TPSA) is 58.1 Å². The molecule has 5 heteroatoms. The van der Waals surface area contributed by atoms with Crippen molar-refractivity contribution in [2.24, 2.45) is 5.41 Å². The average molecular weight is 386 g/mol. The molecule has 148 valence electrons. The number of pyridine rings is 2. The first-order valence-electron chi connectivity index (χ1n) is 10.0. The van der Waals surface area contributed by atoms with Gasteiger partial charge in [0, 0.05) is 44.9 Å². The van der Waals surface area contributed by atoms with Gasteiger partial charge in [0.05, 0.1) is 5.41 Å². The third-order valence-corrected chi connectivity index (χ3v) is 5.81. The predicted molar refractivity (Wildman–Crippen MR) is 114 cm³/mol. The Morgan fingerprint density at radius 2 is 1.55 bits per heavy atom. The summed E-state index contributed by atoms with van der Waals surface area (Å²) in [4.78, 5) is 23.4. The summed E-state index contributed by atoms with van der Waals surface area (Å²) in [6, 6.07) is 16.6. The monoisotopic (exact) mass is 386 g/mol. The van der Waals surface area contributed by atoms with Gasteiger partial charge in [-0.05, 0) is 65.9 Å². The van der Waals surface area contributed by atoms with Gasteiger partial charge in [0.15, 0.2) is 0 Å². The number of carbonyl (C=O) groups is 1. The summed E-state index contributed by atoms with van der Waals surface area (Å²) in [6.45, 7) is 2.54. The summed E-state index contributed by atoms with van der Waals surface area (Å²) in [5, 5.41) is 2.91. The van der Waals surface area contributed by atoms with E-state index in [1.807, 2.05) is 36.7 Å². The van der Waals surface area contributed by atoms with Crippen molar-refractivity contribution in [3.8, 4) is 11.1 Å². The van der Waals surface area contributed by atoms with E-state index in [4.69, 9.17) is 0 Å². The summed E-state index contributed by atoms with van der Waals surface area (Å²) in [6.07, 6.45) is 8.86. The van der Waals surface area contributed by atoms with Crippen LogP contribution in [0.25, 0.3) is 11.1 Å². The van der Waals surface area contributed by atoms with E-state index < -0.39 is 0 Å². The Bertz CT molecular complexity index is 944. The molecule has 1 atom stereocenters. The Labute approximate surface area is 171 Å². The van der Waals surface area contributed by atoms with Crippen LogP contribution in [0, 0.1) is 5.41 Å². The smallest absolute Gasteiger partial charge is 0.227 e. The minimum absolute atomic E-state index is 0.132. The van der Waals surface area contributed by atoms with E-state index in [0.29, 0.717) is 0 Å². The van der Waals surface area contributed by atoms with Crippen molar-refractivity contribution >= 4 is 5.91 Å². The minimum atomic E-state index is -0.389. The van der Waals surface area contributed by atoms with Crippen molar-refractivity contribution in [3.05, 3.63) is 84.4 Å². The van der Waals surface area contributed by atoms with Crippen molar-refractivity contribution in [1.82, 2.24) is 20.2 Å². The van der Waals surface area contributed by atoms with Gasteiger partial charge in [-0.15, -0.1) is 0 Å². The van der Waals surface area contributed by atoms with Gasteiger partial charge in [0.25, 0.3) is 0 Å². The van der Waals surface area contributed by atoms with E-state index in [1.165, 1.54) is 11.1 Å². The molecular formula is C24H26N4O. The third kappa shape index (κ3) is 4.35. The zero-order valence-electron chi connectivity index (χ0n) is 16.7. The Morgan fingerprint density at radius 1 is 0.931 bits per heavy atom. The number of hydrogen-bond acceptors (Lipinski definition) is 4. The normalized spacial score (nSPS) is 19.2. The van der Waals surface area contributed by atoms with E-state index in [0.717, 1.165) is 43.6 Å².